The Labute approximate surface area is 200 Å². The van der Waals surface area contributed by atoms with Crippen molar-refractivity contribution in [3.05, 3.63) is 74.5 Å². The summed E-state index contributed by atoms with van der Waals surface area (Å²) in [5.74, 6) is 1.42. The van der Waals surface area contributed by atoms with Gasteiger partial charge in [-0.05, 0) is 49.2 Å². The molecule has 1 amide bonds. The number of rotatable bonds is 7. The molecule has 172 valence electrons. The highest BCUT2D eigenvalue weighted by Crippen LogP contribution is 2.38. The third kappa shape index (κ3) is 5.34. The summed E-state index contributed by atoms with van der Waals surface area (Å²) in [6, 6.07) is 12.9. The molecule has 33 heavy (non-hydrogen) atoms. The number of H-pyrrole nitrogens is 1. The second-order valence-electron chi connectivity index (χ2n) is 7.93. The van der Waals surface area contributed by atoms with Crippen LogP contribution in [0.15, 0.2) is 52.4 Å². The van der Waals surface area contributed by atoms with Gasteiger partial charge in [-0.25, -0.2) is 4.98 Å². The van der Waals surface area contributed by atoms with E-state index in [-0.39, 0.29) is 24.0 Å². The summed E-state index contributed by atoms with van der Waals surface area (Å²) in [7, 11) is 1.56. The number of aromatic nitrogens is 2. The summed E-state index contributed by atoms with van der Waals surface area (Å²) in [6.45, 7) is 3.87. The van der Waals surface area contributed by atoms with Crippen molar-refractivity contribution in [3.63, 3.8) is 0 Å². The van der Waals surface area contributed by atoms with Crippen LogP contribution in [0.4, 0.5) is 5.82 Å². The number of nitrogens with zero attached hydrogens (tertiary/aromatic N) is 1. The molecule has 0 radical (unpaired) electrons. The maximum absolute atomic E-state index is 13.1. The molecule has 0 saturated heterocycles. The number of thioether (sulfide) groups is 1. The standard InChI is InChI=1S/C24H24ClN3O4S/c1-13(2)32-18-9-6-15(10-19(18)31-3)17-11-20(29)26-22-21(17)23(30)28-24(27-22)33-12-14-4-7-16(25)8-5-14/h4-10,13,17H,11-12H2,1-3H3,(H2,26,27,28,29,30). The number of carbonyl (C=O) groups is 1. The zero-order valence-electron chi connectivity index (χ0n) is 18.5. The van der Waals surface area contributed by atoms with Gasteiger partial charge in [-0.1, -0.05) is 41.6 Å². The Morgan fingerprint density at radius 1 is 1.15 bits per heavy atom. The van der Waals surface area contributed by atoms with Crippen LogP contribution >= 0.6 is 23.4 Å². The van der Waals surface area contributed by atoms with Crippen molar-refractivity contribution in [1.82, 2.24) is 9.97 Å². The van der Waals surface area contributed by atoms with Crippen LogP contribution in [0.1, 0.15) is 42.9 Å². The van der Waals surface area contributed by atoms with E-state index >= 15 is 0 Å². The highest BCUT2D eigenvalue weighted by molar-refractivity contribution is 7.98. The number of benzene rings is 2. The molecule has 0 saturated carbocycles. The maximum Gasteiger partial charge on any atom is 0.257 e. The van der Waals surface area contributed by atoms with Crippen LogP contribution in [-0.4, -0.2) is 29.1 Å². The summed E-state index contributed by atoms with van der Waals surface area (Å²) < 4.78 is 11.3. The fourth-order valence-corrected chi connectivity index (χ4v) is 4.63. The van der Waals surface area contributed by atoms with E-state index in [1.165, 1.54) is 11.8 Å². The molecular weight excluding hydrogens is 462 g/mol. The molecule has 3 aromatic rings. The van der Waals surface area contributed by atoms with Crippen molar-refractivity contribution < 1.29 is 14.3 Å². The first-order chi connectivity index (χ1) is 15.8. The number of anilines is 1. The smallest absolute Gasteiger partial charge is 0.257 e. The minimum Gasteiger partial charge on any atom is -0.493 e. The van der Waals surface area contributed by atoms with Gasteiger partial charge in [0.2, 0.25) is 5.91 Å². The van der Waals surface area contributed by atoms with E-state index in [1.54, 1.807) is 13.2 Å². The molecule has 0 spiro atoms. The number of aromatic amines is 1. The van der Waals surface area contributed by atoms with E-state index in [9.17, 15) is 9.59 Å². The molecule has 4 rings (SSSR count). The maximum atomic E-state index is 13.1. The average Bonchev–Trinajstić information content (AvgIpc) is 2.77. The molecule has 1 atom stereocenters. The molecule has 1 aliphatic rings. The van der Waals surface area contributed by atoms with Crippen LogP contribution in [0, 0.1) is 0 Å². The fraction of sp³-hybridized carbons (Fsp3) is 0.292. The summed E-state index contributed by atoms with van der Waals surface area (Å²) >= 11 is 7.32. The number of methoxy groups -OCH3 is 1. The van der Waals surface area contributed by atoms with Gasteiger partial charge >= 0.3 is 0 Å². The van der Waals surface area contributed by atoms with E-state index in [2.05, 4.69) is 15.3 Å². The van der Waals surface area contributed by atoms with E-state index in [0.717, 1.165) is 11.1 Å². The molecule has 1 aliphatic heterocycles. The number of carbonyl (C=O) groups excluding carboxylic acids is 1. The largest absolute Gasteiger partial charge is 0.493 e. The van der Waals surface area contributed by atoms with Gasteiger partial charge in [-0.3, -0.25) is 9.59 Å². The van der Waals surface area contributed by atoms with E-state index in [0.29, 0.717) is 38.8 Å². The van der Waals surface area contributed by atoms with Crippen LogP contribution in [0.2, 0.25) is 5.02 Å². The summed E-state index contributed by atoms with van der Waals surface area (Å²) in [6.07, 6.45) is 0.129. The predicted octanol–water partition coefficient (Wildman–Crippen LogP) is 4.99. The van der Waals surface area contributed by atoms with Gasteiger partial charge < -0.3 is 19.8 Å². The van der Waals surface area contributed by atoms with Gasteiger partial charge in [-0.2, -0.15) is 0 Å². The third-order valence-corrected chi connectivity index (χ3v) is 6.37. The lowest BCUT2D eigenvalue weighted by molar-refractivity contribution is -0.116. The zero-order chi connectivity index (χ0) is 23.5. The Morgan fingerprint density at radius 2 is 1.91 bits per heavy atom. The number of hydrogen-bond donors (Lipinski definition) is 2. The normalized spacial score (nSPS) is 15.2. The van der Waals surface area contributed by atoms with Crippen LogP contribution < -0.4 is 20.3 Å². The summed E-state index contributed by atoms with van der Waals surface area (Å²) in [5, 5.41) is 3.86. The van der Waals surface area contributed by atoms with Crippen LogP contribution in [0.5, 0.6) is 11.5 Å². The van der Waals surface area contributed by atoms with Gasteiger partial charge in [0.25, 0.3) is 5.56 Å². The summed E-state index contributed by atoms with van der Waals surface area (Å²) in [5.41, 5.74) is 1.99. The number of fused-ring (bicyclic) bond motifs is 1. The fourth-order valence-electron chi connectivity index (χ4n) is 3.69. The lowest BCUT2D eigenvalue weighted by Crippen LogP contribution is -2.31. The number of amides is 1. The lowest BCUT2D eigenvalue weighted by Gasteiger charge is -2.25. The molecule has 2 heterocycles. The van der Waals surface area contributed by atoms with Gasteiger partial charge in [0.05, 0.1) is 18.8 Å². The van der Waals surface area contributed by atoms with Crippen molar-refractivity contribution in [3.8, 4) is 11.5 Å². The number of halogens is 1. The van der Waals surface area contributed by atoms with E-state index in [1.807, 2.05) is 50.2 Å². The molecule has 7 nitrogen and oxygen atoms in total. The highest BCUT2D eigenvalue weighted by atomic mass is 35.5. The first kappa shape index (κ1) is 23.2. The lowest BCUT2D eigenvalue weighted by atomic mass is 9.86. The number of ether oxygens (including phenoxy) is 2. The Hall–Kier alpha value is -2.97. The molecule has 9 heteroatoms. The quantitative estimate of drug-likeness (QED) is 0.362. The molecule has 0 aliphatic carbocycles. The Morgan fingerprint density at radius 3 is 2.61 bits per heavy atom. The van der Waals surface area contributed by atoms with E-state index in [4.69, 9.17) is 21.1 Å². The molecule has 2 N–H and O–H groups in total. The third-order valence-electron chi connectivity index (χ3n) is 5.17. The first-order valence-electron chi connectivity index (χ1n) is 10.5. The van der Waals surface area contributed by atoms with E-state index < -0.39 is 5.92 Å². The topological polar surface area (TPSA) is 93.3 Å². The highest BCUT2D eigenvalue weighted by Gasteiger charge is 2.31. The molecule has 0 bridgehead atoms. The van der Waals surface area contributed by atoms with Gasteiger partial charge in [0.1, 0.15) is 5.82 Å². The van der Waals surface area contributed by atoms with Crippen molar-refractivity contribution >= 4 is 35.1 Å². The Bertz CT molecular complexity index is 1230. The van der Waals surface area contributed by atoms with Gasteiger partial charge in [0, 0.05) is 23.1 Å². The summed E-state index contributed by atoms with van der Waals surface area (Å²) in [4.78, 5) is 32.9. The Kier molecular flexibility index (Phi) is 6.95. The van der Waals surface area contributed by atoms with Crippen LogP contribution in [0.3, 0.4) is 0 Å². The minimum absolute atomic E-state index is 0.0122. The van der Waals surface area contributed by atoms with Crippen molar-refractivity contribution in [1.29, 1.82) is 0 Å². The second-order valence-corrected chi connectivity index (χ2v) is 9.33. The molecule has 2 aromatic carbocycles. The average molecular weight is 486 g/mol. The SMILES string of the molecule is COc1cc(C2CC(=O)Nc3nc(SCc4ccc(Cl)cc4)[nH]c(=O)c32)ccc1OC(C)C. The molecule has 1 aromatic heterocycles. The molecule has 1 unspecified atom stereocenters. The number of nitrogens with one attached hydrogen (secondary N) is 2. The molecule has 0 fully saturated rings. The van der Waals surface area contributed by atoms with Gasteiger partial charge in [-0.15, -0.1) is 0 Å². The van der Waals surface area contributed by atoms with Crippen molar-refractivity contribution in [2.24, 2.45) is 0 Å². The van der Waals surface area contributed by atoms with Crippen molar-refractivity contribution in [2.45, 2.75) is 43.2 Å². The Balaban J connectivity index is 1.64. The first-order valence-corrected chi connectivity index (χ1v) is 11.9. The van der Waals surface area contributed by atoms with Crippen LogP contribution in [0.25, 0.3) is 0 Å². The zero-order valence-corrected chi connectivity index (χ0v) is 20.0. The molecular formula is C24H24ClN3O4S. The van der Waals surface area contributed by atoms with Gasteiger partial charge in [0.15, 0.2) is 16.7 Å². The number of hydrogen-bond acceptors (Lipinski definition) is 6. The monoisotopic (exact) mass is 485 g/mol. The second kappa shape index (κ2) is 9.89. The van der Waals surface area contributed by atoms with Crippen LogP contribution in [-0.2, 0) is 10.5 Å². The van der Waals surface area contributed by atoms with Crippen molar-refractivity contribution in [2.75, 3.05) is 12.4 Å². The predicted molar refractivity (Wildman–Crippen MR) is 130 cm³/mol. The minimum atomic E-state index is -0.442.